The third-order valence-corrected chi connectivity index (χ3v) is 15.0. The lowest BCUT2D eigenvalue weighted by Gasteiger charge is -2.38. The van der Waals surface area contributed by atoms with Crippen molar-refractivity contribution in [1.82, 2.24) is 20.4 Å². The molecule has 4 N–H and O–H groups in total. The van der Waals surface area contributed by atoms with Crippen LogP contribution in [0.1, 0.15) is 160 Å². The molecular weight excluding hydrogens is 1120 g/mol. The summed E-state index contributed by atoms with van der Waals surface area (Å²) in [5.41, 5.74) is 0.0101. The summed E-state index contributed by atoms with van der Waals surface area (Å²) in [6, 6.07) is 20.7. The van der Waals surface area contributed by atoms with Gasteiger partial charge in [0, 0.05) is 50.6 Å². The van der Waals surface area contributed by atoms with Crippen molar-refractivity contribution < 1.29 is 65.9 Å². The second kappa shape index (κ2) is 25.6. The molecule has 1 unspecified atom stereocenters. The minimum atomic E-state index is -0.867. The van der Waals surface area contributed by atoms with Crippen LogP contribution < -0.4 is 21.3 Å². The predicted molar refractivity (Wildman–Crippen MR) is 313 cm³/mol. The zero-order valence-corrected chi connectivity index (χ0v) is 50.7. The van der Waals surface area contributed by atoms with Crippen LogP contribution in [-0.2, 0) is 41.3 Å². The van der Waals surface area contributed by atoms with Gasteiger partial charge in [0.25, 0.3) is 11.8 Å². The lowest BCUT2D eigenvalue weighted by Crippen LogP contribution is -2.46. The SMILES string of the molecule is CC(C)(C)OC(=O)NCc1ccc(NC(=O)c2ccc(C3=CCN(C(=O)OC(C)(C)CCC(C)(C)OC(=O)N4CC=C(B5OC(C)(C)C(C)(CCC(C)(C)OC(=O)NCc6ccc(NC(=O)c7ccc(Br)o7)cc6)O5)CC4)CC3)o2)cc1. The Morgan fingerprint density at radius 1 is 0.585 bits per heavy atom. The molecule has 3 aliphatic heterocycles. The molecule has 0 saturated carbocycles. The first-order chi connectivity index (χ1) is 38.3. The van der Waals surface area contributed by atoms with Crippen LogP contribution >= 0.6 is 15.9 Å². The molecule has 0 aliphatic carbocycles. The highest BCUT2D eigenvalue weighted by atomic mass is 79.9. The van der Waals surface area contributed by atoms with Crippen molar-refractivity contribution >= 4 is 76.2 Å². The molecule has 2 aromatic carbocycles. The van der Waals surface area contributed by atoms with E-state index in [0.717, 1.165) is 22.2 Å². The molecule has 20 nitrogen and oxygen atoms in total. The number of alkyl carbamates (subject to hydrolysis) is 2. The largest absolute Gasteiger partial charge is 0.490 e. The number of amides is 6. The summed E-state index contributed by atoms with van der Waals surface area (Å²) >= 11 is 3.19. The maximum Gasteiger partial charge on any atom is 0.490 e. The highest BCUT2D eigenvalue weighted by Gasteiger charge is 2.55. The molecule has 3 aliphatic rings. The smallest absolute Gasteiger partial charge is 0.451 e. The number of hydrogen-bond donors (Lipinski definition) is 4. The van der Waals surface area contributed by atoms with Crippen molar-refractivity contribution in [1.29, 1.82) is 0 Å². The van der Waals surface area contributed by atoms with Crippen molar-refractivity contribution in [2.75, 3.05) is 36.8 Å². The summed E-state index contributed by atoms with van der Waals surface area (Å²) in [7, 11) is -0.618. The Labute approximate surface area is 489 Å². The molecule has 1 atom stereocenters. The number of rotatable bonds is 19. The molecule has 1 saturated heterocycles. The van der Waals surface area contributed by atoms with Gasteiger partial charge in [-0.2, -0.15) is 0 Å². The van der Waals surface area contributed by atoms with Crippen molar-refractivity contribution in [3.63, 3.8) is 0 Å². The summed E-state index contributed by atoms with van der Waals surface area (Å²) in [6.45, 7) is 24.3. The van der Waals surface area contributed by atoms with Crippen LogP contribution in [0.5, 0.6) is 0 Å². The molecule has 0 bridgehead atoms. The number of benzene rings is 2. The van der Waals surface area contributed by atoms with Gasteiger partial charge in [0.1, 0.15) is 28.2 Å². The van der Waals surface area contributed by atoms with Crippen LogP contribution in [0.25, 0.3) is 5.57 Å². The molecule has 442 valence electrons. The predicted octanol–water partition coefficient (Wildman–Crippen LogP) is 12.6. The Morgan fingerprint density at radius 3 is 1.55 bits per heavy atom. The molecule has 82 heavy (non-hydrogen) atoms. The summed E-state index contributed by atoms with van der Waals surface area (Å²) in [4.78, 5) is 80.6. The fraction of sp³-hybridized carbons (Fsp3) is 0.500. The number of halogens is 1. The quantitative estimate of drug-likeness (QED) is 0.0505. The van der Waals surface area contributed by atoms with Crippen molar-refractivity contribution in [3.8, 4) is 0 Å². The van der Waals surface area contributed by atoms with E-state index in [0.29, 0.717) is 86.5 Å². The lowest BCUT2D eigenvalue weighted by atomic mass is 9.74. The van der Waals surface area contributed by atoms with E-state index < -0.39 is 71.0 Å². The molecule has 0 spiro atoms. The van der Waals surface area contributed by atoms with Crippen LogP contribution in [0.3, 0.4) is 0 Å². The highest BCUT2D eigenvalue weighted by Crippen LogP contribution is 2.44. The van der Waals surface area contributed by atoms with Gasteiger partial charge >= 0.3 is 31.5 Å². The molecule has 1 fully saturated rings. The molecule has 4 aromatic rings. The fourth-order valence-corrected chi connectivity index (χ4v) is 9.45. The van der Waals surface area contributed by atoms with Gasteiger partial charge in [-0.05, 0) is 208 Å². The summed E-state index contributed by atoms with van der Waals surface area (Å²) in [5.74, 6) is 0.0600. The van der Waals surface area contributed by atoms with Crippen LogP contribution in [0.15, 0.2) is 104 Å². The van der Waals surface area contributed by atoms with Crippen molar-refractivity contribution in [2.24, 2.45) is 0 Å². The van der Waals surface area contributed by atoms with E-state index in [9.17, 15) is 28.8 Å². The van der Waals surface area contributed by atoms with Gasteiger partial charge in [-0.3, -0.25) is 9.59 Å². The van der Waals surface area contributed by atoms with Gasteiger partial charge in [-0.15, -0.1) is 0 Å². The standard InChI is InChI=1S/C60H78BBrN6O14/c1-55(2,3)77-51(71)63-37-39-13-17-43(18-14-39)65-49(69)46-22-21-45(75-46)41-25-33-67(34-26-41)53(73)79-57(6,7)29-30-58(8,9)80-54(74)68-35-27-42(28-36-68)61-81-59(10,11)60(12,82-61)32-31-56(4,5)78-52(72)64-38-40-15-19-44(20-16-40)66-50(70)47-23-24-48(62)76-47/h13-25,27H,26,28-38H2,1-12H3,(H,63,71)(H,64,72)(H,65,69)(H,66,70). The molecule has 5 heterocycles. The van der Waals surface area contributed by atoms with Crippen molar-refractivity contribution in [3.05, 3.63) is 123 Å². The van der Waals surface area contributed by atoms with Crippen LogP contribution in [0.2, 0.25) is 0 Å². The number of carbonyl (C=O) groups is 6. The molecule has 2 aromatic heterocycles. The summed E-state index contributed by atoms with van der Waals surface area (Å²) < 4.78 is 48.1. The Hall–Kier alpha value is -7.04. The number of carbonyl (C=O) groups excluding carboxylic acids is 6. The Morgan fingerprint density at radius 2 is 1.07 bits per heavy atom. The van der Waals surface area contributed by atoms with E-state index in [-0.39, 0.29) is 30.5 Å². The molecule has 7 rings (SSSR count). The molecule has 0 radical (unpaired) electrons. The van der Waals surface area contributed by atoms with E-state index in [1.165, 1.54) is 0 Å². The average Bonchev–Trinajstić information content (AvgIpc) is 3.66. The van der Waals surface area contributed by atoms with E-state index in [4.69, 9.17) is 37.1 Å². The summed E-state index contributed by atoms with van der Waals surface area (Å²) in [6.07, 6.45) is 4.76. The van der Waals surface area contributed by atoms with Crippen LogP contribution in [-0.4, -0.2) is 113 Å². The van der Waals surface area contributed by atoms with Gasteiger partial charge in [0.15, 0.2) is 16.2 Å². The second-order valence-corrected chi connectivity index (χ2v) is 25.2. The molecule has 22 heteroatoms. The topological polar surface area (TPSA) is 239 Å². The van der Waals surface area contributed by atoms with Gasteiger partial charge < -0.3 is 68.2 Å². The van der Waals surface area contributed by atoms with Gasteiger partial charge in [0.05, 0.1) is 11.2 Å². The number of nitrogens with one attached hydrogen (secondary N) is 4. The van der Waals surface area contributed by atoms with E-state index in [1.807, 2.05) is 74.5 Å². The monoisotopic (exact) mass is 1200 g/mol. The van der Waals surface area contributed by atoms with Crippen LogP contribution in [0, 0.1) is 0 Å². The first-order valence-corrected chi connectivity index (χ1v) is 28.4. The first kappa shape index (κ1) is 62.6. The normalized spacial score (nSPS) is 17.5. The average molecular weight is 1200 g/mol. The Kier molecular flexibility index (Phi) is 19.6. The zero-order valence-electron chi connectivity index (χ0n) is 49.1. The number of nitrogens with zero attached hydrogens (tertiary/aromatic N) is 2. The second-order valence-electron chi connectivity index (χ2n) is 24.4. The molecule has 6 amide bonds. The van der Waals surface area contributed by atoms with Gasteiger partial charge in [-0.25, -0.2) is 19.2 Å². The zero-order chi connectivity index (χ0) is 59.8. The highest BCUT2D eigenvalue weighted by molar-refractivity contribution is 9.10. The van der Waals surface area contributed by atoms with Crippen LogP contribution in [0.4, 0.5) is 30.6 Å². The van der Waals surface area contributed by atoms with Gasteiger partial charge in [-0.1, -0.05) is 36.4 Å². The minimum absolute atomic E-state index is 0.138. The summed E-state index contributed by atoms with van der Waals surface area (Å²) in [5, 5.41) is 11.1. The number of hydrogen-bond acceptors (Lipinski definition) is 14. The van der Waals surface area contributed by atoms with E-state index in [1.54, 1.807) is 103 Å². The maximum absolute atomic E-state index is 13.5. The molecular formula is C60H78BBrN6O14. The lowest BCUT2D eigenvalue weighted by molar-refractivity contribution is -0.0389. The van der Waals surface area contributed by atoms with E-state index >= 15 is 0 Å². The number of anilines is 2. The fourth-order valence-electron chi connectivity index (χ4n) is 9.14. The Balaban J connectivity index is 0.794. The van der Waals surface area contributed by atoms with Crippen molar-refractivity contribution in [2.45, 2.75) is 168 Å². The minimum Gasteiger partial charge on any atom is -0.451 e. The first-order valence-electron chi connectivity index (χ1n) is 27.6. The third kappa shape index (κ3) is 17.7. The number of ether oxygens (including phenoxy) is 4. The third-order valence-electron chi connectivity index (χ3n) is 14.6. The number of furan rings is 2. The maximum atomic E-state index is 13.5. The Bertz CT molecular complexity index is 3010. The van der Waals surface area contributed by atoms with Gasteiger partial charge in [0.2, 0.25) is 0 Å². The van der Waals surface area contributed by atoms with E-state index in [2.05, 4.69) is 37.2 Å².